The molecule has 1 aromatic carbocycles. The largest absolute Gasteiger partial charge is 0.373 e. The van der Waals surface area contributed by atoms with Crippen molar-refractivity contribution in [1.29, 1.82) is 0 Å². The van der Waals surface area contributed by atoms with Gasteiger partial charge in [0, 0.05) is 24.1 Å². The highest BCUT2D eigenvalue weighted by molar-refractivity contribution is 6.03. The van der Waals surface area contributed by atoms with Crippen LogP contribution in [0.5, 0.6) is 0 Å². The van der Waals surface area contributed by atoms with E-state index < -0.39 is 6.10 Å². The molecule has 0 saturated carbocycles. The molecular weight excluding hydrogens is 256 g/mol. The van der Waals surface area contributed by atoms with Gasteiger partial charge in [-0.1, -0.05) is 6.07 Å². The van der Waals surface area contributed by atoms with E-state index in [1.165, 1.54) is 0 Å². The molecule has 5 heteroatoms. The molecule has 2 aromatic rings. The molecule has 3 rings (SSSR count). The Labute approximate surface area is 117 Å². The molecule has 0 unspecified atom stereocenters. The fourth-order valence-corrected chi connectivity index (χ4v) is 2.54. The second-order valence-corrected chi connectivity index (χ2v) is 5.02. The third kappa shape index (κ3) is 2.30. The second kappa shape index (κ2) is 5.26. The van der Waals surface area contributed by atoms with Crippen molar-refractivity contribution in [3.05, 3.63) is 30.5 Å². The lowest BCUT2D eigenvalue weighted by Crippen LogP contribution is -2.44. The van der Waals surface area contributed by atoms with Crippen molar-refractivity contribution in [1.82, 2.24) is 4.57 Å². The summed E-state index contributed by atoms with van der Waals surface area (Å²) in [4.78, 5) is 12.3. The van der Waals surface area contributed by atoms with Gasteiger partial charge in [0.15, 0.2) is 6.10 Å². The summed E-state index contributed by atoms with van der Waals surface area (Å²) in [7, 11) is 1.98. The molecule has 0 aliphatic carbocycles. The van der Waals surface area contributed by atoms with E-state index in [-0.39, 0.29) is 12.0 Å². The van der Waals surface area contributed by atoms with Crippen molar-refractivity contribution in [3.63, 3.8) is 0 Å². The first kappa shape index (κ1) is 13.1. The van der Waals surface area contributed by atoms with E-state index in [4.69, 9.17) is 9.47 Å². The molecule has 1 aliphatic heterocycles. The third-order valence-corrected chi connectivity index (χ3v) is 3.63. The number of benzene rings is 1. The Morgan fingerprint density at radius 1 is 1.30 bits per heavy atom. The summed E-state index contributed by atoms with van der Waals surface area (Å²) in [5.41, 5.74) is 1.88. The molecular formula is C15H18N2O3. The molecule has 20 heavy (non-hydrogen) atoms. The van der Waals surface area contributed by atoms with Crippen LogP contribution < -0.4 is 5.32 Å². The monoisotopic (exact) mass is 274 g/mol. The maximum Gasteiger partial charge on any atom is 0.256 e. The third-order valence-electron chi connectivity index (χ3n) is 3.63. The average Bonchev–Trinajstić information content (AvgIpc) is 2.82. The van der Waals surface area contributed by atoms with Gasteiger partial charge in [-0.05, 0) is 25.1 Å². The lowest BCUT2D eigenvalue weighted by molar-refractivity contribution is -0.157. The number of aryl methyl sites for hydroxylation is 1. The van der Waals surface area contributed by atoms with Crippen LogP contribution in [0.3, 0.4) is 0 Å². The number of nitrogens with zero attached hydrogens (tertiary/aromatic N) is 1. The summed E-state index contributed by atoms with van der Waals surface area (Å²) in [6.45, 7) is 2.85. The Kier molecular flexibility index (Phi) is 3.46. The zero-order valence-corrected chi connectivity index (χ0v) is 11.6. The van der Waals surface area contributed by atoms with Crippen LogP contribution in [0.1, 0.15) is 6.92 Å². The molecule has 1 aliphatic rings. The molecule has 5 nitrogen and oxygen atoms in total. The van der Waals surface area contributed by atoms with Crippen LogP contribution in [0.2, 0.25) is 0 Å². The zero-order chi connectivity index (χ0) is 14.1. The number of carbonyl (C=O) groups excluding carboxylic acids is 1. The average molecular weight is 274 g/mol. The number of carbonyl (C=O) groups is 1. The molecule has 1 saturated heterocycles. The standard InChI is InChI=1S/C15H18N2O3/c1-10-14(20-9-8-19-10)15(18)16-12-4-3-5-13-11(12)6-7-17(13)2/h3-7,10,14H,8-9H2,1-2H3,(H,16,18)/t10-,14-/m0/s1. The number of aromatic nitrogens is 1. The molecule has 2 heterocycles. The van der Waals surface area contributed by atoms with Crippen LogP contribution in [-0.2, 0) is 21.3 Å². The SMILES string of the molecule is C[C@@H]1OCCO[C@@H]1C(=O)Nc1cccc2c1ccn2C. The van der Waals surface area contributed by atoms with E-state index in [1.807, 2.05) is 49.0 Å². The van der Waals surface area contributed by atoms with Gasteiger partial charge in [-0.25, -0.2) is 0 Å². The Bertz CT molecular complexity index is 635. The van der Waals surface area contributed by atoms with E-state index in [2.05, 4.69) is 5.32 Å². The topological polar surface area (TPSA) is 52.5 Å². The van der Waals surface area contributed by atoms with Gasteiger partial charge >= 0.3 is 0 Å². The number of hydrogen-bond donors (Lipinski definition) is 1. The van der Waals surface area contributed by atoms with Crippen LogP contribution in [0.15, 0.2) is 30.5 Å². The number of nitrogens with one attached hydrogen (secondary N) is 1. The molecule has 1 aromatic heterocycles. The summed E-state index contributed by atoms with van der Waals surface area (Å²) in [6.07, 6.45) is 1.20. The molecule has 0 radical (unpaired) electrons. The molecule has 1 amide bonds. The first-order chi connectivity index (χ1) is 9.66. The predicted molar refractivity (Wildman–Crippen MR) is 76.7 cm³/mol. The van der Waals surface area contributed by atoms with Crippen molar-refractivity contribution in [2.24, 2.45) is 7.05 Å². The first-order valence-electron chi connectivity index (χ1n) is 6.75. The fraction of sp³-hybridized carbons (Fsp3) is 0.400. The smallest absolute Gasteiger partial charge is 0.256 e. The van der Waals surface area contributed by atoms with E-state index in [9.17, 15) is 4.79 Å². The summed E-state index contributed by atoms with van der Waals surface area (Å²) in [5.74, 6) is -0.159. The van der Waals surface area contributed by atoms with E-state index in [0.717, 1.165) is 16.6 Å². The van der Waals surface area contributed by atoms with Crippen LogP contribution in [-0.4, -0.2) is 35.9 Å². The minimum absolute atomic E-state index is 0.159. The fourth-order valence-electron chi connectivity index (χ4n) is 2.54. The quantitative estimate of drug-likeness (QED) is 0.910. The highest BCUT2D eigenvalue weighted by Crippen LogP contribution is 2.24. The van der Waals surface area contributed by atoms with E-state index >= 15 is 0 Å². The van der Waals surface area contributed by atoms with Crippen molar-refractivity contribution >= 4 is 22.5 Å². The van der Waals surface area contributed by atoms with Crippen molar-refractivity contribution in [2.75, 3.05) is 18.5 Å². The Morgan fingerprint density at radius 3 is 2.90 bits per heavy atom. The number of amides is 1. The van der Waals surface area contributed by atoms with Crippen LogP contribution in [0, 0.1) is 0 Å². The first-order valence-corrected chi connectivity index (χ1v) is 6.75. The number of hydrogen-bond acceptors (Lipinski definition) is 3. The molecule has 106 valence electrons. The van der Waals surface area contributed by atoms with Gasteiger partial charge in [-0.3, -0.25) is 4.79 Å². The Morgan fingerprint density at radius 2 is 2.10 bits per heavy atom. The van der Waals surface area contributed by atoms with Gasteiger partial charge in [0.05, 0.1) is 25.0 Å². The van der Waals surface area contributed by atoms with Gasteiger partial charge in [0.2, 0.25) is 0 Å². The van der Waals surface area contributed by atoms with Gasteiger partial charge < -0.3 is 19.4 Å². The van der Waals surface area contributed by atoms with Crippen molar-refractivity contribution in [3.8, 4) is 0 Å². The summed E-state index contributed by atoms with van der Waals surface area (Å²) < 4.78 is 13.0. The maximum absolute atomic E-state index is 12.3. The zero-order valence-electron chi connectivity index (χ0n) is 11.6. The summed E-state index contributed by atoms with van der Waals surface area (Å²) in [5, 5.41) is 3.96. The normalized spacial score (nSPS) is 22.9. The minimum atomic E-state index is -0.553. The van der Waals surface area contributed by atoms with Gasteiger partial charge in [0.1, 0.15) is 0 Å². The van der Waals surface area contributed by atoms with Crippen molar-refractivity contribution < 1.29 is 14.3 Å². The van der Waals surface area contributed by atoms with Gasteiger partial charge in [0.25, 0.3) is 5.91 Å². The lowest BCUT2D eigenvalue weighted by Gasteiger charge is -2.28. The highest BCUT2D eigenvalue weighted by Gasteiger charge is 2.30. The van der Waals surface area contributed by atoms with Crippen LogP contribution >= 0.6 is 0 Å². The summed E-state index contributed by atoms with van der Waals surface area (Å²) in [6, 6.07) is 7.84. The molecule has 1 N–H and O–H groups in total. The number of ether oxygens (including phenoxy) is 2. The highest BCUT2D eigenvalue weighted by atomic mass is 16.6. The Hall–Kier alpha value is -1.85. The van der Waals surface area contributed by atoms with Gasteiger partial charge in [-0.2, -0.15) is 0 Å². The van der Waals surface area contributed by atoms with E-state index in [1.54, 1.807) is 0 Å². The second-order valence-electron chi connectivity index (χ2n) is 5.02. The van der Waals surface area contributed by atoms with Crippen LogP contribution in [0.25, 0.3) is 10.9 Å². The van der Waals surface area contributed by atoms with Crippen molar-refractivity contribution in [2.45, 2.75) is 19.1 Å². The molecule has 1 fully saturated rings. The number of rotatable bonds is 2. The maximum atomic E-state index is 12.3. The minimum Gasteiger partial charge on any atom is -0.373 e. The summed E-state index contributed by atoms with van der Waals surface area (Å²) >= 11 is 0. The number of fused-ring (bicyclic) bond motifs is 1. The Balaban J connectivity index is 1.84. The molecule has 2 atom stereocenters. The van der Waals surface area contributed by atoms with Gasteiger partial charge in [-0.15, -0.1) is 0 Å². The lowest BCUT2D eigenvalue weighted by atomic mass is 10.1. The van der Waals surface area contributed by atoms with E-state index in [0.29, 0.717) is 13.2 Å². The molecule has 0 bridgehead atoms. The molecule has 0 spiro atoms. The number of anilines is 1. The van der Waals surface area contributed by atoms with Crippen LogP contribution in [0.4, 0.5) is 5.69 Å². The predicted octanol–water partition coefficient (Wildman–Crippen LogP) is 1.92.